The first-order valence-corrected chi connectivity index (χ1v) is 5.29. The predicted molar refractivity (Wildman–Crippen MR) is 62.7 cm³/mol. The fraction of sp³-hybridized carbons (Fsp3) is 0.167. The van der Waals surface area contributed by atoms with E-state index >= 15 is 0 Å². The monoisotopic (exact) mass is 234 g/mol. The summed E-state index contributed by atoms with van der Waals surface area (Å²) in [4.78, 5) is 16.0. The fourth-order valence-electron chi connectivity index (χ4n) is 1.45. The minimum Gasteiger partial charge on any atom is -0.338 e. The molecule has 82 valence electrons. The van der Waals surface area contributed by atoms with Gasteiger partial charge in [0.2, 0.25) is 0 Å². The first-order valence-electron chi connectivity index (χ1n) is 4.92. The molecule has 0 radical (unpaired) electrons. The van der Waals surface area contributed by atoms with Crippen LogP contribution < -0.4 is 0 Å². The largest absolute Gasteiger partial charge is 0.338 e. The van der Waals surface area contributed by atoms with Gasteiger partial charge in [-0.15, -0.1) is 0 Å². The summed E-state index contributed by atoms with van der Waals surface area (Å²) < 4.78 is 1.84. The van der Waals surface area contributed by atoms with Gasteiger partial charge in [-0.25, -0.2) is 4.98 Å². The number of aromatic nitrogens is 2. The van der Waals surface area contributed by atoms with Gasteiger partial charge in [-0.05, 0) is 24.3 Å². The highest BCUT2D eigenvalue weighted by Gasteiger charge is 2.09. The van der Waals surface area contributed by atoms with E-state index in [9.17, 15) is 4.79 Å². The van der Waals surface area contributed by atoms with Gasteiger partial charge in [0.15, 0.2) is 5.78 Å². The van der Waals surface area contributed by atoms with Gasteiger partial charge in [-0.3, -0.25) is 4.79 Å². The maximum atomic E-state index is 11.9. The van der Waals surface area contributed by atoms with Gasteiger partial charge in [0.05, 0.1) is 6.42 Å². The number of halogens is 1. The molecule has 0 fully saturated rings. The van der Waals surface area contributed by atoms with Gasteiger partial charge in [-0.2, -0.15) is 0 Å². The third-order valence-corrected chi connectivity index (χ3v) is 2.66. The van der Waals surface area contributed by atoms with Crippen molar-refractivity contribution in [2.45, 2.75) is 6.42 Å². The molecule has 0 bridgehead atoms. The van der Waals surface area contributed by atoms with E-state index in [0.717, 1.165) is 5.82 Å². The van der Waals surface area contributed by atoms with Crippen molar-refractivity contribution in [2.24, 2.45) is 7.05 Å². The van der Waals surface area contributed by atoms with E-state index in [1.54, 1.807) is 30.5 Å². The molecule has 0 amide bonds. The molecular formula is C12H11ClN2O. The van der Waals surface area contributed by atoms with Crippen molar-refractivity contribution in [1.29, 1.82) is 0 Å². The number of carbonyl (C=O) groups excluding carboxylic acids is 1. The van der Waals surface area contributed by atoms with Gasteiger partial charge < -0.3 is 4.57 Å². The fourth-order valence-corrected chi connectivity index (χ4v) is 1.57. The Morgan fingerprint density at radius 3 is 2.62 bits per heavy atom. The number of hydrogen-bond acceptors (Lipinski definition) is 2. The standard InChI is InChI=1S/C12H11ClN2O/c1-15-7-6-14-12(15)8-11(16)9-2-4-10(13)5-3-9/h2-7H,8H2,1H3. The van der Waals surface area contributed by atoms with Crippen LogP contribution in [0.1, 0.15) is 16.2 Å². The highest BCUT2D eigenvalue weighted by Crippen LogP contribution is 2.11. The Labute approximate surface area is 98.7 Å². The zero-order valence-electron chi connectivity index (χ0n) is 8.85. The van der Waals surface area contributed by atoms with Crippen LogP contribution in [0.5, 0.6) is 0 Å². The number of Topliss-reactive ketones (excluding diaryl/α,β-unsaturated/α-hetero) is 1. The zero-order chi connectivity index (χ0) is 11.5. The minimum absolute atomic E-state index is 0.0472. The molecule has 0 unspecified atom stereocenters. The normalized spacial score (nSPS) is 10.4. The molecule has 1 heterocycles. The molecule has 1 aromatic heterocycles. The molecule has 2 rings (SSSR count). The SMILES string of the molecule is Cn1ccnc1CC(=O)c1ccc(Cl)cc1. The van der Waals surface area contributed by atoms with E-state index < -0.39 is 0 Å². The van der Waals surface area contributed by atoms with Crippen molar-refractivity contribution in [3.63, 3.8) is 0 Å². The van der Waals surface area contributed by atoms with Crippen molar-refractivity contribution in [1.82, 2.24) is 9.55 Å². The molecule has 0 atom stereocenters. The Morgan fingerprint density at radius 2 is 2.06 bits per heavy atom. The molecule has 2 aromatic rings. The third-order valence-electron chi connectivity index (χ3n) is 2.41. The van der Waals surface area contributed by atoms with Crippen molar-refractivity contribution in [3.05, 3.63) is 53.1 Å². The second kappa shape index (κ2) is 4.49. The van der Waals surface area contributed by atoms with Crippen LogP contribution in [-0.4, -0.2) is 15.3 Å². The summed E-state index contributed by atoms with van der Waals surface area (Å²) in [6.07, 6.45) is 3.82. The third kappa shape index (κ3) is 2.31. The first-order chi connectivity index (χ1) is 7.66. The van der Waals surface area contributed by atoms with E-state index in [-0.39, 0.29) is 5.78 Å². The van der Waals surface area contributed by atoms with E-state index in [1.165, 1.54) is 0 Å². The van der Waals surface area contributed by atoms with E-state index in [0.29, 0.717) is 17.0 Å². The molecule has 16 heavy (non-hydrogen) atoms. The van der Waals surface area contributed by atoms with Crippen LogP contribution in [0.25, 0.3) is 0 Å². The van der Waals surface area contributed by atoms with Crippen LogP contribution in [0, 0.1) is 0 Å². The molecule has 0 aliphatic carbocycles. The lowest BCUT2D eigenvalue weighted by molar-refractivity contribution is 0.0990. The molecule has 0 spiro atoms. The topological polar surface area (TPSA) is 34.9 Å². The van der Waals surface area contributed by atoms with Crippen molar-refractivity contribution in [2.75, 3.05) is 0 Å². The minimum atomic E-state index is 0.0472. The highest BCUT2D eigenvalue weighted by molar-refractivity contribution is 6.30. The predicted octanol–water partition coefficient (Wildman–Crippen LogP) is 2.50. The van der Waals surface area contributed by atoms with Gasteiger partial charge in [0, 0.05) is 30.0 Å². The molecular weight excluding hydrogens is 224 g/mol. The average molecular weight is 235 g/mol. The lowest BCUT2D eigenvalue weighted by Crippen LogP contribution is -2.07. The lowest BCUT2D eigenvalue weighted by Gasteiger charge is -2.01. The van der Waals surface area contributed by atoms with E-state index in [1.807, 2.05) is 17.8 Å². The number of benzene rings is 1. The van der Waals surface area contributed by atoms with Crippen LogP contribution >= 0.6 is 11.6 Å². The summed E-state index contributed by atoms with van der Waals surface area (Å²) >= 11 is 5.76. The summed E-state index contributed by atoms with van der Waals surface area (Å²) in [7, 11) is 1.87. The molecule has 0 saturated heterocycles. The van der Waals surface area contributed by atoms with Crippen LogP contribution in [0.15, 0.2) is 36.7 Å². The smallest absolute Gasteiger partial charge is 0.170 e. The van der Waals surface area contributed by atoms with Crippen molar-refractivity contribution < 1.29 is 4.79 Å². The van der Waals surface area contributed by atoms with Gasteiger partial charge in [-0.1, -0.05) is 11.6 Å². The molecule has 3 nitrogen and oxygen atoms in total. The number of hydrogen-bond donors (Lipinski definition) is 0. The Kier molecular flexibility index (Phi) is 3.06. The lowest BCUT2D eigenvalue weighted by atomic mass is 10.1. The van der Waals surface area contributed by atoms with Crippen LogP contribution in [0.2, 0.25) is 5.02 Å². The van der Waals surface area contributed by atoms with Gasteiger partial charge in [0.1, 0.15) is 5.82 Å². The number of rotatable bonds is 3. The Bertz CT molecular complexity index is 502. The molecule has 0 saturated carbocycles. The van der Waals surface area contributed by atoms with E-state index in [4.69, 9.17) is 11.6 Å². The summed E-state index contributed by atoms with van der Waals surface area (Å²) in [6.45, 7) is 0. The van der Waals surface area contributed by atoms with Crippen molar-refractivity contribution in [3.8, 4) is 0 Å². The number of imidazole rings is 1. The number of ketones is 1. The second-order valence-corrected chi connectivity index (χ2v) is 4.00. The van der Waals surface area contributed by atoms with E-state index in [2.05, 4.69) is 4.98 Å². The Balaban J connectivity index is 2.15. The summed E-state index contributed by atoms with van der Waals surface area (Å²) in [5, 5.41) is 0.633. The maximum Gasteiger partial charge on any atom is 0.170 e. The summed E-state index contributed by atoms with van der Waals surface area (Å²) in [5.74, 6) is 0.811. The molecule has 0 aliphatic rings. The molecule has 4 heteroatoms. The number of carbonyl (C=O) groups is 1. The molecule has 0 N–H and O–H groups in total. The maximum absolute atomic E-state index is 11.9. The molecule has 1 aromatic carbocycles. The summed E-state index contributed by atoms with van der Waals surface area (Å²) in [5.41, 5.74) is 0.660. The Hall–Kier alpha value is -1.61. The van der Waals surface area contributed by atoms with Gasteiger partial charge >= 0.3 is 0 Å². The first kappa shape index (κ1) is 10.9. The molecule has 0 aliphatic heterocycles. The van der Waals surface area contributed by atoms with Crippen molar-refractivity contribution >= 4 is 17.4 Å². The van der Waals surface area contributed by atoms with Crippen LogP contribution in [0.4, 0.5) is 0 Å². The average Bonchev–Trinajstić information content (AvgIpc) is 2.65. The van der Waals surface area contributed by atoms with Crippen LogP contribution in [0.3, 0.4) is 0 Å². The second-order valence-electron chi connectivity index (χ2n) is 3.56. The van der Waals surface area contributed by atoms with Gasteiger partial charge in [0.25, 0.3) is 0 Å². The van der Waals surface area contributed by atoms with Crippen LogP contribution in [-0.2, 0) is 13.5 Å². The Morgan fingerprint density at radius 1 is 1.38 bits per heavy atom. The number of nitrogens with zero attached hydrogens (tertiary/aromatic N) is 2. The zero-order valence-corrected chi connectivity index (χ0v) is 9.61. The number of aryl methyl sites for hydroxylation is 1. The highest BCUT2D eigenvalue weighted by atomic mass is 35.5. The quantitative estimate of drug-likeness (QED) is 0.765. The summed E-state index contributed by atoms with van der Waals surface area (Å²) in [6, 6.07) is 6.89.